The summed E-state index contributed by atoms with van der Waals surface area (Å²) >= 11 is 5.83. The Balaban J connectivity index is 2.41. The Hall–Kier alpha value is -2.38. The first kappa shape index (κ1) is 13.1. The van der Waals surface area contributed by atoms with Crippen molar-refractivity contribution in [2.24, 2.45) is 0 Å². The summed E-state index contributed by atoms with van der Waals surface area (Å²) in [4.78, 5) is 0. The lowest BCUT2D eigenvalue weighted by molar-refractivity contribution is 0.379. The summed E-state index contributed by atoms with van der Waals surface area (Å²) in [5.41, 5.74) is 6.60. The molecule has 19 heavy (non-hydrogen) atoms. The molecule has 0 spiro atoms. The van der Waals surface area contributed by atoms with Crippen molar-refractivity contribution >= 4 is 17.3 Å². The van der Waals surface area contributed by atoms with Crippen molar-refractivity contribution < 1.29 is 9.47 Å². The Morgan fingerprint density at radius 3 is 2.53 bits per heavy atom. The topological polar surface area (TPSA) is 68.3 Å². The van der Waals surface area contributed by atoms with E-state index in [1.165, 1.54) is 13.2 Å². The number of benzene rings is 2. The van der Waals surface area contributed by atoms with E-state index in [9.17, 15) is 0 Å². The zero-order chi connectivity index (χ0) is 13.8. The Morgan fingerprint density at radius 2 is 1.84 bits per heavy atom. The number of nitrogens with zero attached hydrogens (tertiary/aromatic N) is 1. The minimum Gasteiger partial charge on any atom is -0.493 e. The minimum atomic E-state index is 0.344. The van der Waals surface area contributed by atoms with E-state index in [0.29, 0.717) is 33.5 Å². The van der Waals surface area contributed by atoms with Crippen molar-refractivity contribution in [3.63, 3.8) is 0 Å². The summed E-state index contributed by atoms with van der Waals surface area (Å²) in [6.45, 7) is 0. The first-order chi connectivity index (χ1) is 9.13. The SMILES string of the molecule is COc1ccc(N)cc1Oc1ccc(Cl)cc1C#N. The molecule has 2 aromatic carbocycles. The molecule has 0 aromatic heterocycles. The van der Waals surface area contributed by atoms with Crippen LogP contribution in [-0.2, 0) is 0 Å². The number of nitrogen functional groups attached to an aromatic ring is 1. The molecule has 0 bridgehead atoms. The molecule has 4 nitrogen and oxygen atoms in total. The highest BCUT2D eigenvalue weighted by molar-refractivity contribution is 6.30. The van der Waals surface area contributed by atoms with Gasteiger partial charge >= 0.3 is 0 Å². The second-order valence-electron chi connectivity index (χ2n) is 3.76. The normalized spacial score (nSPS) is 9.74. The number of anilines is 1. The van der Waals surface area contributed by atoms with Crippen molar-refractivity contribution in [1.29, 1.82) is 5.26 Å². The van der Waals surface area contributed by atoms with Crippen LogP contribution in [0.5, 0.6) is 17.2 Å². The van der Waals surface area contributed by atoms with E-state index in [1.54, 1.807) is 30.3 Å². The smallest absolute Gasteiger partial charge is 0.171 e. The second kappa shape index (κ2) is 5.51. The van der Waals surface area contributed by atoms with Gasteiger partial charge in [-0.2, -0.15) is 5.26 Å². The highest BCUT2D eigenvalue weighted by Gasteiger charge is 2.10. The van der Waals surface area contributed by atoms with E-state index in [0.717, 1.165) is 0 Å². The summed E-state index contributed by atoms with van der Waals surface area (Å²) < 4.78 is 10.9. The van der Waals surface area contributed by atoms with Gasteiger partial charge in [0.15, 0.2) is 11.5 Å². The summed E-state index contributed by atoms with van der Waals surface area (Å²) in [5.74, 6) is 1.38. The highest BCUT2D eigenvalue weighted by atomic mass is 35.5. The molecule has 0 fully saturated rings. The molecular formula is C14H11ClN2O2. The quantitative estimate of drug-likeness (QED) is 0.869. The zero-order valence-corrected chi connectivity index (χ0v) is 10.9. The van der Waals surface area contributed by atoms with Gasteiger partial charge in [0, 0.05) is 16.8 Å². The largest absolute Gasteiger partial charge is 0.493 e. The fraction of sp³-hybridized carbons (Fsp3) is 0.0714. The van der Waals surface area contributed by atoms with E-state index in [-0.39, 0.29) is 0 Å². The van der Waals surface area contributed by atoms with Crippen LogP contribution < -0.4 is 15.2 Å². The number of rotatable bonds is 3. The number of methoxy groups -OCH3 is 1. The summed E-state index contributed by atoms with van der Waals surface area (Å²) in [6.07, 6.45) is 0. The summed E-state index contributed by atoms with van der Waals surface area (Å²) in [7, 11) is 1.53. The van der Waals surface area contributed by atoms with Gasteiger partial charge in [-0.15, -0.1) is 0 Å². The second-order valence-corrected chi connectivity index (χ2v) is 4.20. The number of halogens is 1. The molecule has 2 rings (SSSR count). The van der Waals surface area contributed by atoms with E-state index in [4.69, 9.17) is 32.1 Å². The Labute approximate surface area is 115 Å². The predicted molar refractivity (Wildman–Crippen MR) is 73.6 cm³/mol. The number of hydrogen-bond acceptors (Lipinski definition) is 4. The molecule has 0 saturated carbocycles. The average molecular weight is 275 g/mol. The summed E-state index contributed by atoms with van der Waals surface area (Å²) in [6, 6.07) is 11.9. The molecule has 0 aliphatic carbocycles. The van der Waals surface area contributed by atoms with Crippen LogP contribution in [0.15, 0.2) is 36.4 Å². The monoisotopic (exact) mass is 274 g/mol. The molecule has 2 N–H and O–H groups in total. The molecular weight excluding hydrogens is 264 g/mol. The van der Waals surface area contributed by atoms with Crippen LogP contribution in [0, 0.1) is 11.3 Å². The lowest BCUT2D eigenvalue weighted by Crippen LogP contribution is -1.94. The van der Waals surface area contributed by atoms with Gasteiger partial charge in [0.25, 0.3) is 0 Å². The third-order valence-electron chi connectivity index (χ3n) is 2.47. The van der Waals surface area contributed by atoms with Crippen molar-refractivity contribution in [2.75, 3.05) is 12.8 Å². The molecule has 96 valence electrons. The van der Waals surface area contributed by atoms with Crippen molar-refractivity contribution in [1.82, 2.24) is 0 Å². The third kappa shape index (κ3) is 2.90. The van der Waals surface area contributed by atoms with Crippen LogP contribution >= 0.6 is 11.6 Å². The number of nitrogens with two attached hydrogens (primary N) is 1. The zero-order valence-electron chi connectivity index (χ0n) is 10.2. The van der Waals surface area contributed by atoms with E-state index in [1.807, 2.05) is 6.07 Å². The minimum absolute atomic E-state index is 0.344. The number of ether oxygens (including phenoxy) is 2. The van der Waals surface area contributed by atoms with Crippen molar-refractivity contribution in [3.8, 4) is 23.3 Å². The predicted octanol–water partition coefficient (Wildman–Crippen LogP) is 3.59. The van der Waals surface area contributed by atoms with Crippen LogP contribution in [0.1, 0.15) is 5.56 Å². The first-order valence-corrected chi connectivity index (χ1v) is 5.83. The fourth-order valence-electron chi connectivity index (χ4n) is 1.57. The maximum atomic E-state index is 9.06. The van der Waals surface area contributed by atoms with E-state index >= 15 is 0 Å². The van der Waals surface area contributed by atoms with Gasteiger partial charge in [-0.05, 0) is 30.3 Å². The van der Waals surface area contributed by atoms with Crippen LogP contribution in [0.25, 0.3) is 0 Å². The Kier molecular flexibility index (Phi) is 3.79. The Morgan fingerprint density at radius 1 is 1.11 bits per heavy atom. The number of nitriles is 1. The molecule has 0 atom stereocenters. The molecule has 0 saturated heterocycles. The van der Waals surface area contributed by atoms with E-state index in [2.05, 4.69) is 0 Å². The van der Waals surface area contributed by atoms with Gasteiger partial charge in [-0.3, -0.25) is 0 Å². The van der Waals surface area contributed by atoms with Crippen molar-refractivity contribution in [2.45, 2.75) is 0 Å². The maximum absolute atomic E-state index is 9.06. The molecule has 0 aliphatic heterocycles. The number of hydrogen-bond donors (Lipinski definition) is 1. The van der Waals surface area contributed by atoms with Crippen molar-refractivity contribution in [3.05, 3.63) is 47.0 Å². The maximum Gasteiger partial charge on any atom is 0.171 e. The van der Waals surface area contributed by atoms with E-state index < -0.39 is 0 Å². The van der Waals surface area contributed by atoms with Crippen LogP contribution in [0.2, 0.25) is 5.02 Å². The van der Waals surface area contributed by atoms with Crippen LogP contribution in [-0.4, -0.2) is 7.11 Å². The molecule has 0 heterocycles. The summed E-state index contributed by atoms with van der Waals surface area (Å²) in [5, 5.41) is 9.53. The lowest BCUT2D eigenvalue weighted by atomic mass is 10.2. The Bertz CT molecular complexity index is 650. The lowest BCUT2D eigenvalue weighted by Gasteiger charge is -2.12. The van der Waals surface area contributed by atoms with Gasteiger partial charge in [0.1, 0.15) is 11.8 Å². The van der Waals surface area contributed by atoms with Gasteiger partial charge < -0.3 is 15.2 Å². The van der Waals surface area contributed by atoms with Gasteiger partial charge in [0.2, 0.25) is 0 Å². The molecule has 5 heteroatoms. The fourth-order valence-corrected chi connectivity index (χ4v) is 1.74. The van der Waals surface area contributed by atoms with Crippen LogP contribution in [0.3, 0.4) is 0 Å². The standard InChI is InChI=1S/C14H11ClN2O2/c1-18-13-5-3-11(17)7-14(13)19-12-4-2-10(15)6-9(12)8-16/h2-7H,17H2,1H3. The van der Waals surface area contributed by atoms with Crippen LogP contribution in [0.4, 0.5) is 5.69 Å². The van der Waals surface area contributed by atoms with Gasteiger partial charge in [-0.25, -0.2) is 0 Å². The molecule has 0 aliphatic rings. The third-order valence-corrected chi connectivity index (χ3v) is 2.70. The first-order valence-electron chi connectivity index (χ1n) is 5.45. The molecule has 0 radical (unpaired) electrons. The van der Waals surface area contributed by atoms with Gasteiger partial charge in [-0.1, -0.05) is 11.6 Å². The molecule has 2 aromatic rings. The molecule has 0 amide bonds. The average Bonchev–Trinajstić information content (AvgIpc) is 2.41. The highest BCUT2D eigenvalue weighted by Crippen LogP contribution is 2.35. The molecule has 0 unspecified atom stereocenters. The van der Waals surface area contributed by atoms with Gasteiger partial charge in [0.05, 0.1) is 12.7 Å².